The largest absolute Gasteiger partial charge is 0.497 e. The molecule has 1 aliphatic rings. The maximum Gasteiger partial charge on any atom is 0.271 e. The molecular weight excluding hydrogens is 332 g/mol. The summed E-state index contributed by atoms with van der Waals surface area (Å²) in [6.07, 6.45) is 2.92. The van der Waals surface area contributed by atoms with E-state index < -0.39 is 11.4 Å². The predicted molar refractivity (Wildman–Crippen MR) is 94.6 cm³/mol. The maximum absolute atomic E-state index is 12.2. The van der Waals surface area contributed by atoms with Crippen molar-refractivity contribution in [2.24, 2.45) is 0 Å². The number of ether oxygens (including phenoxy) is 1. The molecule has 1 heterocycles. The second-order valence-electron chi connectivity index (χ2n) is 6.15. The molecule has 0 spiro atoms. The van der Waals surface area contributed by atoms with Crippen molar-refractivity contribution in [1.82, 2.24) is 10.3 Å². The number of methoxy groups -OCH3 is 1. The fourth-order valence-corrected chi connectivity index (χ4v) is 2.48. The number of carbonyl (C=O) groups excluding carboxylic acids is 2. The first-order chi connectivity index (χ1) is 12.5. The summed E-state index contributed by atoms with van der Waals surface area (Å²) in [7, 11) is 1.57. The smallest absolute Gasteiger partial charge is 0.271 e. The zero-order chi connectivity index (χ0) is 18.6. The van der Waals surface area contributed by atoms with Crippen molar-refractivity contribution in [1.29, 1.82) is 5.26 Å². The molecule has 7 heteroatoms. The molecule has 1 aliphatic carbocycles. The van der Waals surface area contributed by atoms with Gasteiger partial charge < -0.3 is 15.4 Å². The van der Waals surface area contributed by atoms with Crippen LogP contribution >= 0.6 is 0 Å². The topological polar surface area (TPSA) is 104 Å². The van der Waals surface area contributed by atoms with Gasteiger partial charge >= 0.3 is 0 Å². The first-order valence-corrected chi connectivity index (χ1v) is 8.16. The Morgan fingerprint density at radius 2 is 2.12 bits per heavy atom. The number of benzene rings is 1. The van der Waals surface area contributed by atoms with E-state index in [1.54, 1.807) is 19.2 Å². The number of nitrogens with zero attached hydrogens (tertiary/aromatic N) is 2. The monoisotopic (exact) mass is 350 g/mol. The lowest BCUT2D eigenvalue weighted by Gasteiger charge is -2.10. The second-order valence-corrected chi connectivity index (χ2v) is 6.15. The van der Waals surface area contributed by atoms with Crippen LogP contribution in [0.3, 0.4) is 0 Å². The molecule has 1 fully saturated rings. The van der Waals surface area contributed by atoms with Crippen LogP contribution in [0.25, 0.3) is 0 Å². The average Bonchev–Trinajstić information content (AvgIpc) is 3.42. The quantitative estimate of drug-likeness (QED) is 0.830. The SMILES string of the molecule is COc1cccc(CC(=O)Nc2ccnc(C(=O)NC3(C#N)CC3)c2)c1. The molecule has 2 amide bonds. The third-order valence-corrected chi connectivity index (χ3v) is 4.09. The van der Waals surface area contributed by atoms with Gasteiger partial charge in [-0.1, -0.05) is 12.1 Å². The van der Waals surface area contributed by atoms with Gasteiger partial charge in [0, 0.05) is 11.9 Å². The van der Waals surface area contributed by atoms with Crippen molar-refractivity contribution in [2.45, 2.75) is 24.8 Å². The summed E-state index contributed by atoms with van der Waals surface area (Å²) in [5, 5.41) is 14.5. The lowest BCUT2D eigenvalue weighted by molar-refractivity contribution is -0.115. The zero-order valence-electron chi connectivity index (χ0n) is 14.3. The standard InChI is InChI=1S/C19H18N4O3/c1-26-15-4-2-3-13(9-15)10-17(24)22-14-5-8-21-16(11-14)18(25)23-19(12-20)6-7-19/h2-5,8-9,11H,6-7,10H2,1H3,(H,23,25)(H,21,22,24). The third kappa shape index (κ3) is 4.16. The van der Waals surface area contributed by atoms with Crippen LogP contribution in [0.1, 0.15) is 28.9 Å². The number of nitriles is 1. The fourth-order valence-electron chi connectivity index (χ4n) is 2.48. The number of anilines is 1. The van der Waals surface area contributed by atoms with Crippen LogP contribution in [-0.4, -0.2) is 29.4 Å². The molecule has 2 N–H and O–H groups in total. The average molecular weight is 350 g/mol. The van der Waals surface area contributed by atoms with Crippen molar-refractivity contribution in [3.8, 4) is 11.8 Å². The Hall–Kier alpha value is -3.40. The van der Waals surface area contributed by atoms with Crippen LogP contribution in [-0.2, 0) is 11.2 Å². The molecule has 0 saturated heterocycles. The van der Waals surface area contributed by atoms with Gasteiger partial charge in [-0.2, -0.15) is 5.26 Å². The van der Waals surface area contributed by atoms with Crippen molar-refractivity contribution in [3.63, 3.8) is 0 Å². The summed E-state index contributed by atoms with van der Waals surface area (Å²) in [4.78, 5) is 28.4. The van der Waals surface area contributed by atoms with Gasteiger partial charge in [-0.25, -0.2) is 0 Å². The number of hydrogen-bond donors (Lipinski definition) is 2. The van der Waals surface area contributed by atoms with E-state index in [4.69, 9.17) is 10.00 Å². The molecular formula is C19H18N4O3. The molecule has 0 aliphatic heterocycles. The van der Waals surface area contributed by atoms with Crippen LogP contribution in [0.2, 0.25) is 0 Å². The second kappa shape index (κ2) is 7.23. The minimum Gasteiger partial charge on any atom is -0.497 e. The number of hydrogen-bond acceptors (Lipinski definition) is 5. The van der Waals surface area contributed by atoms with E-state index >= 15 is 0 Å². The Balaban J connectivity index is 1.63. The molecule has 0 unspecified atom stereocenters. The lowest BCUT2D eigenvalue weighted by atomic mass is 10.1. The van der Waals surface area contributed by atoms with E-state index in [1.165, 1.54) is 12.3 Å². The molecule has 1 aromatic heterocycles. The van der Waals surface area contributed by atoms with E-state index in [0.717, 1.165) is 5.56 Å². The van der Waals surface area contributed by atoms with Gasteiger partial charge in [0.25, 0.3) is 5.91 Å². The van der Waals surface area contributed by atoms with E-state index in [9.17, 15) is 9.59 Å². The summed E-state index contributed by atoms with van der Waals surface area (Å²) < 4.78 is 5.14. The normalized spacial score (nSPS) is 14.0. The highest BCUT2D eigenvalue weighted by Gasteiger charge is 2.44. The molecule has 0 bridgehead atoms. The number of pyridine rings is 1. The van der Waals surface area contributed by atoms with Crippen LogP contribution < -0.4 is 15.4 Å². The highest BCUT2D eigenvalue weighted by Crippen LogP contribution is 2.34. The van der Waals surface area contributed by atoms with Gasteiger partial charge in [-0.15, -0.1) is 0 Å². The van der Waals surface area contributed by atoms with Crippen LogP contribution in [0.15, 0.2) is 42.6 Å². The van der Waals surface area contributed by atoms with Crippen molar-refractivity contribution in [2.75, 3.05) is 12.4 Å². The van der Waals surface area contributed by atoms with Gasteiger partial charge in [0.15, 0.2) is 0 Å². The molecule has 3 rings (SSSR count). The van der Waals surface area contributed by atoms with Crippen molar-refractivity contribution < 1.29 is 14.3 Å². The molecule has 132 valence electrons. The minimum atomic E-state index is -0.760. The summed E-state index contributed by atoms with van der Waals surface area (Å²) in [6, 6.07) is 12.5. The molecule has 1 aromatic carbocycles. The van der Waals surface area contributed by atoms with Crippen LogP contribution in [0.4, 0.5) is 5.69 Å². The molecule has 26 heavy (non-hydrogen) atoms. The highest BCUT2D eigenvalue weighted by atomic mass is 16.5. The summed E-state index contributed by atoms with van der Waals surface area (Å²) in [5.74, 6) is 0.0455. The number of aromatic nitrogens is 1. The van der Waals surface area contributed by atoms with Crippen LogP contribution in [0.5, 0.6) is 5.75 Å². The Kier molecular flexibility index (Phi) is 4.85. The third-order valence-electron chi connectivity index (χ3n) is 4.09. The van der Waals surface area contributed by atoms with Gasteiger partial charge in [0.1, 0.15) is 17.0 Å². The van der Waals surface area contributed by atoms with Gasteiger partial charge in [-0.3, -0.25) is 14.6 Å². The molecule has 0 atom stereocenters. The Morgan fingerprint density at radius 3 is 2.81 bits per heavy atom. The number of rotatable bonds is 6. The number of carbonyl (C=O) groups is 2. The number of amides is 2. The number of nitrogens with one attached hydrogen (secondary N) is 2. The fraction of sp³-hybridized carbons (Fsp3) is 0.263. The first-order valence-electron chi connectivity index (χ1n) is 8.16. The highest BCUT2D eigenvalue weighted by molar-refractivity contribution is 5.96. The van der Waals surface area contributed by atoms with E-state index in [0.29, 0.717) is 24.3 Å². The van der Waals surface area contributed by atoms with Crippen molar-refractivity contribution in [3.05, 3.63) is 53.9 Å². The minimum absolute atomic E-state index is 0.158. The van der Waals surface area contributed by atoms with Crippen molar-refractivity contribution >= 4 is 17.5 Å². The Morgan fingerprint density at radius 1 is 1.31 bits per heavy atom. The summed E-state index contributed by atoms with van der Waals surface area (Å²) in [5.41, 5.74) is 0.689. The summed E-state index contributed by atoms with van der Waals surface area (Å²) in [6.45, 7) is 0. The predicted octanol–water partition coefficient (Wildman–Crippen LogP) is 2.06. The lowest BCUT2D eigenvalue weighted by Crippen LogP contribution is -2.36. The molecule has 2 aromatic rings. The van der Waals surface area contributed by atoms with E-state index in [1.807, 2.05) is 18.2 Å². The molecule has 1 saturated carbocycles. The van der Waals surface area contributed by atoms with Gasteiger partial charge in [0.05, 0.1) is 19.6 Å². The van der Waals surface area contributed by atoms with Crippen LogP contribution in [0, 0.1) is 11.3 Å². The zero-order valence-corrected chi connectivity index (χ0v) is 14.3. The van der Waals surface area contributed by atoms with E-state index in [2.05, 4.69) is 21.7 Å². The Bertz CT molecular complexity index is 884. The summed E-state index contributed by atoms with van der Waals surface area (Å²) >= 11 is 0. The maximum atomic E-state index is 12.2. The first kappa shape index (κ1) is 17.4. The van der Waals surface area contributed by atoms with Gasteiger partial charge in [0.2, 0.25) is 5.91 Å². The van der Waals surface area contributed by atoms with E-state index in [-0.39, 0.29) is 18.0 Å². The Labute approximate surface area is 151 Å². The molecule has 0 radical (unpaired) electrons. The van der Waals surface area contributed by atoms with Gasteiger partial charge in [-0.05, 0) is 42.7 Å². The molecule has 7 nitrogen and oxygen atoms in total.